The van der Waals surface area contributed by atoms with Gasteiger partial charge >= 0.3 is 0 Å². The molecule has 2 saturated heterocycles. The Morgan fingerprint density at radius 3 is 2.85 bits per heavy atom. The summed E-state index contributed by atoms with van der Waals surface area (Å²) in [4.78, 5) is 21.6. The predicted molar refractivity (Wildman–Crippen MR) is 106 cm³/mol. The molecular formula is C21H23N5O. The van der Waals surface area contributed by atoms with Crippen LogP contribution in [0.1, 0.15) is 19.0 Å². The minimum Gasteiger partial charge on any atom is -0.311 e. The van der Waals surface area contributed by atoms with Crippen LogP contribution in [0.3, 0.4) is 0 Å². The third kappa shape index (κ3) is 2.47. The van der Waals surface area contributed by atoms with E-state index in [0.717, 1.165) is 66.1 Å². The van der Waals surface area contributed by atoms with Crippen molar-refractivity contribution < 1.29 is 4.79 Å². The van der Waals surface area contributed by atoms with Crippen molar-refractivity contribution >= 4 is 22.5 Å². The molecule has 2 aromatic heterocycles. The Balaban J connectivity index is 1.48. The molecule has 1 aromatic carbocycles. The van der Waals surface area contributed by atoms with Crippen LogP contribution in [0.2, 0.25) is 0 Å². The Morgan fingerprint density at radius 2 is 2.11 bits per heavy atom. The highest BCUT2D eigenvalue weighted by Gasteiger charge is 2.55. The van der Waals surface area contributed by atoms with Gasteiger partial charge in [0.1, 0.15) is 5.69 Å². The van der Waals surface area contributed by atoms with Crippen molar-refractivity contribution in [1.82, 2.24) is 20.1 Å². The van der Waals surface area contributed by atoms with Gasteiger partial charge in [-0.2, -0.15) is 5.10 Å². The summed E-state index contributed by atoms with van der Waals surface area (Å²) in [6.45, 7) is 7.90. The summed E-state index contributed by atoms with van der Waals surface area (Å²) < 4.78 is 0. The molecule has 2 fully saturated rings. The van der Waals surface area contributed by atoms with Gasteiger partial charge in [-0.3, -0.25) is 14.9 Å². The van der Waals surface area contributed by atoms with Gasteiger partial charge in [-0.25, -0.2) is 0 Å². The number of β-lactam (4-membered cyclic amide) rings is 1. The van der Waals surface area contributed by atoms with Crippen LogP contribution in [0, 0.1) is 12.3 Å². The zero-order valence-electron chi connectivity index (χ0n) is 15.7. The summed E-state index contributed by atoms with van der Waals surface area (Å²) in [7, 11) is 0. The summed E-state index contributed by atoms with van der Waals surface area (Å²) in [5, 5.41) is 8.64. The van der Waals surface area contributed by atoms with Crippen molar-refractivity contribution in [2.75, 3.05) is 31.1 Å². The second-order valence-corrected chi connectivity index (χ2v) is 7.78. The quantitative estimate of drug-likeness (QED) is 0.729. The number of carbonyl (C=O) groups is 1. The lowest BCUT2D eigenvalue weighted by Gasteiger charge is -2.46. The molecule has 27 heavy (non-hydrogen) atoms. The first-order valence-corrected chi connectivity index (χ1v) is 9.55. The molecule has 2 aliphatic heterocycles. The number of amides is 1. The van der Waals surface area contributed by atoms with E-state index in [1.54, 1.807) is 6.20 Å². The number of fused-ring (bicyclic) bond motifs is 1. The number of carbonyl (C=O) groups excluding carboxylic acids is 1. The first kappa shape index (κ1) is 16.4. The number of anilines is 1. The SMILES string of the molecule is CCN1CCC2(C1)CN(c1ccc3[nH]nc(-c4ccnc(C)c4)c3c1)C2=O. The molecule has 5 rings (SSSR count). The van der Waals surface area contributed by atoms with Crippen LogP contribution in [0.15, 0.2) is 36.5 Å². The van der Waals surface area contributed by atoms with Gasteiger partial charge in [0.15, 0.2) is 0 Å². The highest BCUT2D eigenvalue weighted by atomic mass is 16.2. The van der Waals surface area contributed by atoms with Crippen LogP contribution in [0.5, 0.6) is 0 Å². The molecule has 1 atom stereocenters. The topological polar surface area (TPSA) is 65.1 Å². The molecule has 1 spiro atoms. The van der Waals surface area contributed by atoms with Crippen molar-refractivity contribution in [3.63, 3.8) is 0 Å². The molecule has 0 radical (unpaired) electrons. The summed E-state index contributed by atoms with van der Waals surface area (Å²) in [5.41, 5.74) is 4.67. The van der Waals surface area contributed by atoms with Crippen LogP contribution in [0.25, 0.3) is 22.2 Å². The summed E-state index contributed by atoms with van der Waals surface area (Å²) >= 11 is 0. The van der Waals surface area contributed by atoms with Gasteiger partial charge in [-0.1, -0.05) is 6.92 Å². The molecule has 6 nitrogen and oxygen atoms in total. The van der Waals surface area contributed by atoms with E-state index in [0.29, 0.717) is 0 Å². The maximum absolute atomic E-state index is 13.0. The average Bonchev–Trinajstić information content (AvgIpc) is 3.31. The molecule has 0 saturated carbocycles. The third-order valence-corrected chi connectivity index (χ3v) is 6.07. The number of likely N-dealkylation sites (tertiary alicyclic amines) is 1. The van der Waals surface area contributed by atoms with E-state index in [9.17, 15) is 4.79 Å². The molecule has 1 N–H and O–H groups in total. The molecule has 3 aromatic rings. The van der Waals surface area contributed by atoms with Crippen LogP contribution in [-0.2, 0) is 4.79 Å². The fourth-order valence-corrected chi connectivity index (χ4v) is 4.46. The first-order valence-electron chi connectivity index (χ1n) is 9.55. The van der Waals surface area contributed by atoms with E-state index < -0.39 is 0 Å². The monoisotopic (exact) mass is 361 g/mol. The number of aryl methyl sites for hydroxylation is 1. The highest BCUT2D eigenvalue weighted by Crippen LogP contribution is 2.43. The van der Waals surface area contributed by atoms with Gasteiger partial charge < -0.3 is 9.80 Å². The third-order valence-electron chi connectivity index (χ3n) is 6.07. The van der Waals surface area contributed by atoms with Gasteiger partial charge in [-0.05, 0) is 56.8 Å². The molecule has 138 valence electrons. The Labute approximate surface area is 158 Å². The first-order chi connectivity index (χ1) is 13.1. The number of hydrogen-bond acceptors (Lipinski definition) is 4. The Hall–Kier alpha value is -2.73. The van der Waals surface area contributed by atoms with Gasteiger partial charge in [0, 0.05) is 41.6 Å². The number of nitrogens with zero attached hydrogens (tertiary/aromatic N) is 4. The lowest BCUT2D eigenvalue weighted by Crippen LogP contribution is -2.62. The molecular weight excluding hydrogens is 338 g/mol. The molecule has 1 unspecified atom stereocenters. The predicted octanol–water partition coefficient (Wildman–Crippen LogP) is 2.99. The number of nitrogens with one attached hydrogen (secondary N) is 1. The van der Waals surface area contributed by atoms with E-state index in [1.807, 2.05) is 36.1 Å². The Kier molecular flexibility index (Phi) is 3.59. The van der Waals surface area contributed by atoms with Gasteiger partial charge in [0.25, 0.3) is 0 Å². The number of hydrogen-bond donors (Lipinski definition) is 1. The number of pyridine rings is 1. The highest BCUT2D eigenvalue weighted by molar-refractivity contribution is 6.06. The van der Waals surface area contributed by atoms with E-state index in [2.05, 4.69) is 33.1 Å². The average molecular weight is 361 g/mol. The number of aromatic amines is 1. The van der Waals surface area contributed by atoms with Crippen LogP contribution >= 0.6 is 0 Å². The normalized spacial score (nSPS) is 22.7. The lowest BCUT2D eigenvalue weighted by molar-refractivity contribution is -0.134. The molecule has 1 amide bonds. The zero-order valence-corrected chi connectivity index (χ0v) is 15.7. The smallest absolute Gasteiger partial charge is 0.236 e. The number of rotatable bonds is 3. The fraction of sp³-hybridized carbons (Fsp3) is 0.381. The maximum atomic E-state index is 13.0. The minimum absolute atomic E-state index is 0.160. The molecule has 2 aliphatic rings. The Bertz CT molecular complexity index is 1040. The van der Waals surface area contributed by atoms with Gasteiger partial charge in [-0.15, -0.1) is 0 Å². The van der Waals surface area contributed by atoms with E-state index in [-0.39, 0.29) is 11.3 Å². The van der Waals surface area contributed by atoms with Crippen LogP contribution < -0.4 is 4.90 Å². The van der Waals surface area contributed by atoms with Gasteiger partial charge in [0.2, 0.25) is 5.91 Å². The van der Waals surface area contributed by atoms with E-state index in [4.69, 9.17) is 0 Å². The minimum atomic E-state index is -0.160. The number of aromatic nitrogens is 3. The molecule has 4 heterocycles. The van der Waals surface area contributed by atoms with Crippen molar-refractivity contribution in [2.24, 2.45) is 5.41 Å². The lowest BCUT2D eigenvalue weighted by atomic mass is 9.77. The number of benzene rings is 1. The standard InChI is InChI=1S/C21H23N5O/c1-3-25-9-7-21(12-25)13-26(20(21)27)16-4-5-18-17(11-16)19(24-23-18)15-6-8-22-14(2)10-15/h4-6,8,10-11H,3,7,9,12-13H2,1-2H3,(H,23,24). The zero-order chi connectivity index (χ0) is 18.6. The Morgan fingerprint density at radius 1 is 1.22 bits per heavy atom. The van der Waals surface area contributed by atoms with Crippen LogP contribution in [-0.4, -0.2) is 52.2 Å². The van der Waals surface area contributed by atoms with Crippen LogP contribution in [0.4, 0.5) is 5.69 Å². The maximum Gasteiger partial charge on any atom is 0.236 e. The number of H-pyrrole nitrogens is 1. The summed E-state index contributed by atoms with van der Waals surface area (Å²) in [6, 6.07) is 10.1. The van der Waals surface area contributed by atoms with Crippen molar-refractivity contribution in [1.29, 1.82) is 0 Å². The summed E-state index contributed by atoms with van der Waals surface area (Å²) in [5.74, 6) is 0.266. The summed E-state index contributed by atoms with van der Waals surface area (Å²) in [6.07, 6.45) is 2.78. The molecule has 0 aliphatic carbocycles. The van der Waals surface area contributed by atoms with E-state index >= 15 is 0 Å². The van der Waals surface area contributed by atoms with Crippen molar-refractivity contribution in [2.45, 2.75) is 20.3 Å². The van der Waals surface area contributed by atoms with Crippen molar-refractivity contribution in [3.8, 4) is 11.3 Å². The molecule has 6 heteroatoms. The van der Waals surface area contributed by atoms with Crippen molar-refractivity contribution in [3.05, 3.63) is 42.2 Å². The second kappa shape index (κ2) is 5.89. The fourth-order valence-electron chi connectivity index (χ4n) is 4.46. The molecule has 0 bridgehead atoms. The van der Waals surface area contributed by atoms with Gasteiger partial charge in [0.05, 0.1) is 10.9 Å². The second-order valence-electron chi connectivity index (χ2n) is 7.78. The van der Waals surface area contributed by atoms with E-state index in [1.165, 1.54) is 0 Å². The largest absolute Gasteiger partial charge is 0.311 e.